The highest BCUT2D eigenvalue weighted by Gasteiger charge is 2.16. The number of hydrogen-bond acceptors (Lipinski definition) is 3. The topological polar surface area (TPSA) is 38.7 Å². The van der Waals surface area contributed by atoms with Crippen LogP contribution in [-0.4, -0.2) is 15.0 Å². The molecule has 0 atom stereocenters. The molecule has 0 N–H and O–H groups in total. The number of fused-ring (bicyclic) bond motifs is 2. The molecule has 1 heterocycles. The third-order valence-electron chi connectivity index (χ3n) is 8.24. The van der Waals surface area contributed by atoms with Gasteiger partial charge in [0.25, 0.3) is 0 Å². The summed E-state index contributed by atoms with van der Waals surface area (Å²) in [5, 5.41) is 4.47. The normalized spacial score (nSPS) is 11.2. The summed E-state index contributed by atoms with van der Waals surface area (Å²) in [4.78, 5) is 15.1. The first kappa shape index (κ1) is 26.6. The Morgan fingerprint density at radius 2 is 0.667 bits per heavy atom. The number of nitrogens with zero attached hydrogens (tertiary/aromatic N) is 3. The smallest absolute Gasteiger partial charge is 0.164 e. The predicted octanol–water partition coefficient (Wildman–Crippen LogP) is 10.7. The molecule has 0 bridgehead atoms. The van der Waals surface area contributed by atoms with E-state index in [-0.39, 0.29) is 5.82 Å². The van der Waals surface area contributed by atoms with E-state index in [1.807, 2.05) is 24.3 Å². The van der Waals surface area contributed by atoms with Crippen molar-refractivity contribution in [2.45, 2.75) is 0 Å². The van der Waals surface area contributed by atoms with E-state index < -0.39 is 0 Å². The summed E-state index contributed by atoms with van der Waals surface area (Å²) in [5.41, 5.74) is 7.05. The molecule has 3 nitrogen and oxygen atoms in total. The van der Waals surface area contributed by atoms with Crippen LogP contribution in [0.4, 0.5) is 4.39 Å². The van der Waals surface area contributed by atoms with Gasteiger partial charge in [-0.3, -0.25) is 0 Å². The summed E-state index contributed by atoms with van der Waals surface area (Å²) in [5.74, 6) is 1.66. The van der Waals surface area contributed by atoms with E-state index in [0.717, 1.165) is 60.5 Å². The standard InChI is InChI=1S/C41H26FN3/c42-34-25-23-30(24-26-34)28-17-15-27(16-18-28)29-19-21-33(22-20-29)39-43-40(37-13-5-9-31-7-1-3-11-35(31)37)45-41(44-39)38-14-6-10-32-8-2-4-12-36(32)38/h1-26H. The molecule has 4 heteroatoms. The van der Waals surface area contributed by atoms with E-state index >= 15 is 0 Å². The molecule has 8 rings (SSSR count). The minimum Gasteiger partial charge on any atom is -0.208 e. The van der Waals surface area contributed by atoms with Gasteiger partial charge in [0.2, 0.25) is 0 Å². The van der Waals surface area contributed by atoms with Gasteiger partial charge < -0.3 is 0 Å². The van der Waals surface area contributed by atoms with Crippen LogP contribution in [-0.2, 0) is 0 Å². The molecule has 0 aliphatic carbocycles. The van der Waals surface area contributed by atoms with Gasteiger partial charge in [-0.25, -0.2) is 19.3 Å². The van der Waals surface area contributed by atoms with Gasteiger partial charge in [-0.2, -0.15) is 0 Å². The molecule has 0 saturated heterocycles. The lowest BCUT2D eigenvalue weighted by atomic mass is 9.99. The Morgan fingerprint density at radius 3 is 1.13 bits per heavy atom. The Labute approximate surface area is 260 Å². The lowest BCUT2D eigenvalue weighted by Gasteiger charge is -2.12. The quantitative estimate of drug-likeness (QED) is 0.204. The maximum Gasteiger partial charge on any atom is 0.164 e. The molecule has 0 radical (unpaired) electrons. The van der Waals surface area contributed by atoms with E-state index in [9.17, 15) is 4.39 Å². The monoisotopic (exact) mass is 579 g/mol. The van der Waals surface area contributed by atoms with Crippen LogP contribution < -0.4 is 0 Å². The van der Waals surface area contributed by atoms with Gasteiger partial charge in [-0.1, -0.05) is 146 Å². The number of halogens is 1. The fraction of sp³-hybridized carbons (Fsp3) is 0. The second-order valence-corrected chi connectivity index (χ2v) is 11.0. The van der Waals surface area contributed by atoms with Crippen molar-refractivity contribution in [1.29, 1.82) is 0 Å². The highest BCUT2D eigenvalue weighted by atomic mass is 19.1. The third-order valence-corrected chi connectivity index (χ3v) is 8.24. The predicted molar refractivity (Wildman–Crippen MR) is 182 cm³/mol. The Morgan fingerprint density at radius 1 is 0.311 bits per heavy atom. The molecule has 0 saturated carbocycles. The van der Waals surface area contributed by atoms with Gasteiger partial charge in [-0.15, -0.1) is 0 Å². The van der Waals surface area contributed by atoms with Crippen LogP contribution in [0.2, 0.25) is 0 Å². The van der Waals surface area contributed by atoms with Crippen LogP contribution in [0.25, 0.3) is 78.0 Å². The average Bonchev–Trinajstić information content (AvgIpc) is 3.11. The molecule has 0 unspecified atom stereocenters. The van der Waals surface area contributed by atoms with E-state index in [1.165, 1.54) is 12.1 Å². The minimum absolute atomic E-state index is 0.234. The van der Waals surface area contributed by atoms with Crippen LogP contribution >= 0.6 is 0 Å². The molecule has 0 aliphatic rings. The van der Waals surface area contributed by atoms with Gasteiger partial charge in [0, 0.05) is 16.7 Å². The zero-order valence-electron chi connectivity index (χ0n) is 24.2. The highest BCUT2D eigenvalue weighted by molar-refractivity contribution is 5.97. The summed E-state index contributed by atoms with van der Waals surface area (Å²) < 4.78 is 13.4. The van der Waals surface area contributed by atoms with Crippen molar-refractivity contribution in [3.63, 3.8) is 0 Å². The highest BCUT2D eigenvalue weighted by Crippen LogP contribution is 2.33. The molecular weight excluding hydrogens is 553 g/mol. The molecule has 7 aromatic carbocycles. The Kier molecular flexibility index (Phi) is 6.65. The molecule has 1 aromatic heterocycles. The van der Waals surface area contributed by atoms with Gasteiger partial charge in [0.1, 0.15) is 5.82 Å². The summed E-state index contributed by atoms with van der Waals surface area (Å²) in [6.07, 6.45) is 0. The Bertz CT molecular complexity index is 2200. The SMILES string of the molecule is Fc1ccc(-c2ccc(-c3ccc(-c4nc(-c5cccc6ccccc56)nc(-c5cccc6ccccc56)n4)cc3)cc2)cc1. The number of hydrogen-bond donors (Lipinski definition) is 0. The fourth-order valence-corrected chi connectivity index (χ4v) is 5.90. The molecule has 45 heavy (non-hydrogen) atoms. The molecule has 212 valence electrons. The Balaban J connectivity index is 1.22. The van der Waals surface area contributed by atoms with Crippen LogP contribution in [0.3, 0.4) is 0 Å². The van der Waals surface area contributed by atoms with Crippen LogP contribution in [0.15, 0.2) is 158 Å². The zero-order chi connectivity index (χ0) is 30.2. The molecule has 0 spiro atoms. The third kappa shape index (κ3) is 5.13. The largest absolute Gasteiger partial charge is 0.208 e. The molecule has 0 amide bonds. The summed E-state index contributed by atoms with van der Waals surface area (Å²) in [7, 11) is 0. The first-order valence-corrected chi connectivity index (χ1v) is 14.9. The summed E-state index contributed by atoms with van der Waals surface area (Å²) >= 11 is 0. The van der Waals surface area contributed by atoms with Crippen molar-refractivity contribution in [1.82, 2.24) is 15.0 Å². The molecule has 8 aromatic rings. The van der Waals surface area contributed by atoms with Gasteiger partial charge >= 0.3 is 0 Å². The van der Waals surface area contributed by atoms with Crippen molar-refractivity contribution in [3.05, 3.63) is 164 Å². The van der Waals surface area contributed by atoms with E-state index in [4.69, 9.17) is 15.0 Å². The minimum atomic E-state index is -0.234. The molecule has 0 aliphatic heterocycles. The van der Waals surface area contributed by atoms with Crippen molar-refractivity contribution in [2.24, 2.45) is 0 Å². The molecular formula is C41H26FN3. The van der Waals surface area contributed by atoms with Gasteiger partial charge in [0.05, 0.1) is 0 Å². The van der Waals surface area contributed by atoms with Crippen molar-refractivity contribution < 1.29 is 4.39 Å². The second kappa shape index (κ2) is 11.3. The summed E-state index contributed by atoms with van der Waals surface area (Å²) in [6.45, 7) is 0. The van der Waals surface area contributed by atoms with Crippen molar-refractivity contribution in [2.75, 3.05) is 0 Å². The first-order chi connectivity index (χ1) is 22.2. The van der Waals surface area contributed by atoms with Crippen molar-refractivity contribution in [3.8, 4) is 56.4 Å². The maximum atomic E-state index is 13.4. The van der Waals surface area contributed by atoms with Crippen molar-refractivity contribution >= 4 is 21.5 Å². The van der Waals surface area contributed by atoms with E-state index in [0.29, 0.717) is 17.5 Å². The maximum absolute atomic E-state index is 13.4. The number of rotatable bonds is 5. The zero-order valence-corrected chi connectivity index (χ0v) is 24.2. The second-order valence-electron chi connectivity index (χ2n) is 11.0. The number of aromatic nitrogens is 3. The van der Waals surface area contributed by atoms with Gasteiger partial charge in [0.15, 0.2) is 17.5 Å². The van der Waals surface area contributed by atoms with E-state index in [2.05, 4.69) is 109 Å². The van der Waals surface area contributed by atoms with Crippen LogP contribution in [0.1, 0.15) is 0 Å². The first-order valence-electron chi connectivity index (χ1n) is 14.9. The van der Waals surface area contributed by atoms with Crippen LogP contribution in [0.5, 0.6) is 0 Å². The lowest BCUT2D eigenvalue weighted by molar-refractivity contribution is 0.628. The number of benzene rings is 7. The van der Waals surface area contributed by atoms with Crippen LogP contribution in [0, 0.1) is 5.82 Å². The van der Waals surface area contributed by atoms with E-state index in [1.54, 1.807) is 12.1 Å². The fourth-order valence-electron chi connectivity index (χ4n) is 5.90. The summed E-state index contributed by atoms with van der Waals surface area (Å²) in [6, 6.07) is 52.3. The average molecular weight is 580 g/mol. The lowest BCUT2D eigenvalue weighted by Crippen LogP contribution is -2.01. The van der Waals surface area contributed by atoms with Gasteiger partial charge in [-0.05, 0) is 55.9 Å². The molecule has 0 fully saturated rings. The Hall–Kier alpha value is -6.00.